The van der Waals surface area contributed by atoms with Crippen LogP contribution in [0.2, 0.25) is 10.0 Å². The molecule has 13 heteroatoms. The second kappa shape index (κ2) is 12.4. The predicted molar refractivity (Wildman–Crippen MR) is 158 cm³/mol. The Hall–Kier alpha value is -4.87. The van der Waals surface area contributed by atoms with Gasteiger partial charge < -0.3 is 4.74 Å². The standard InChI is InChI=1S/C31H23Cl2N3O8/c1-17-3-2-4-24-27(17)30(40)35(29(24)39)34(28(38)23-14-9-20(32)15-25(23)33)16-26(37)18-7-12-22(13-8-18)44-31(41)19-5-10-21(11-6-19)36(42)43/h2-3,5-15,17,24,27H,4,16H2,1H3/t17-,24+,27-/m1/s1. The summed E-state index contributed by atoms with van der Waals surface area (Å²) >= 11 is 12.3. The number of nitro benzene ring substituents is 1. The number of amides is 3. The number of ether oxygens (including phenoxy) is 1. The van der Waals surface area contributed by atoms with Gasteiger partial charge in [0, 0.05) is 22.7 Å². The molecule has 0 radical (unpaired) electrons. The van der Waals surface area contributed by atoms with Gasteiger partial charge in [0.1, 0.15) is 12.3 Å². The van der Waals surface area contributed by atoms with Crippen LogP contribution < -0.4 is 4.74 Å². The van der Waals surface area contributed by atoms with E-state index in [1.54, 1.807) is 0 Å². The third kappa shape index (κ3) is 5.97. The van der Waals surface area contributed by atoms with Gasteiger partial charge in [-0.3, -0.25) is 29.3 Å². The maximum absolute atomic E-state index is 13.8. The maximum Gasteiger partial charge on any atom is 0.343 e. The molecule has 3 aromatic carbocycles. The van der Waals surface area contributed by atoms with Gasteiger partial charge in [0.25, 0.3) is 23.4 Å². The van der Waals surface area contributed by atoms with Gasteiger partial charge in [0.05, 0.1) is 32.9 Å². The number of imide groups is 1. The number of nitrogens with zero attached hydrogens (tertiary/aromatic N) is 3. The van der Waals surface area contributed by atoms with E-state index in [2.05, 4.69) is 0 Å². The number of esters is 1. The monoisotopic (exact) mass is 635 g/mol. The highest BCUT2D eigenvalue weighted by Crippen LogP contribution is 2.39. The summed E-state index contributed by atoms with van der Waals surface area (Å²) < 4.78 is 5.30. The summed E-state index contributed by atoms with van der Waals surface area (Å²) in [6.07, 6.45) is 4.00. The minimum absolute atomic E-state index is 0.0225. The van der Waals surface area contributed by atoms with Crippen LogP contribution in [0.25, 0.3) is 0 Å². The molecular weight excluding hydrogens is 613 g/mol. The van der Waals surface area contributed by atoms with Crippen molar-refractivity contribution in [1.29, 1.82) is 0 Å². The van der Waals surface area contributed by atoms with E-state index in [4.69, 9.17) is 27.9 Å². The molecule has 1 saturated heterocycles. The Labute approximate surface area is 260 Å². The molecule has 0 saturated carbocycles. The van der Waals surface area contributed by atoms with Gasteiger partial charge in [-0.05, 0) is 66.9 Å². The van der Waals surface area contributed by atoms with Crippen LogP contribution in [0.3, 0.4) is 0 Å². The van der Waals surface area contributed by atoms with Crippen LogP contribution in [0.5, 0.6) is 5.75 Å². The zero-order chi connectivity index (χ0) is 31.7. The van der Waals surface area contributed by atoms with Gasteiger partial charge >= 0.3 is 5.97 Å². The first-order valence-electron chi connectivity index (χ1n) is 13.4. The average Bonchev–Trinajstić information content (AvgIpc) is 3.25. The number of non-ortho nitro benzene ring substituents is 1. The molecule has 1 aliphatic carbocycles. The number of ketones is 1. The molecule has 0 spiro atoms. The fourth-order valence-corrected chi connectivity index (χ4v) is 5.71. The fraction of sp³-hybridized carbons (Fsp3) is 0.194. The Morgan fingerprint density at radius 1 is 0.977 bits per heavy atom. The average molecular weight is 636 g/mol. The number of rotatable bonds is 8. The van der Waals surface area contributed by atoms with Crippen LogP contribution in [0.15, 0.2) is 78.9 Å². The molecule has 0 bridgehead atoms. The van der Waals surface area contributed by atoms with Crippen LogP contribution in [0.1, 0.15) is 44.4 Å². The lowest BCUT2D eigenvalue weighted by molar-refractivity contribution is -0.384. The quantitative estimate of drug-likeness (QED) is 0.0595. The van der Waals surface area contributed by atoms with Gasteiger partial charge in [-0.15, -0.1) is 0 Å². The Balaban J connectivity index is 1.38. The molecular formula is C31H23Cl2N3O8. The molecule has 1 heterocycles. The summed E-state index contributed by atoms with van der Waals surface area (Å²) in [5.74, 6) is -4.90. The van der Waals surface area contributed by atoms with Crippen molar-refractivity contribution in [1.82, 2.24) is 10.0 Å². The fourth-order valence-electron chi connectivity index (χ4n) is 5.23. The molecule has 0 unspecified atom stereocenters. The molecule has 0 N–H and O–H groups in total. The number of fused-ring (bicyclic) bond motifs is 1. The van der Waals surface area contributed by atoms with Crippen molar-refractivity contribution in [2.75, 3.05) is 6.54 Å². The number of carbonyl (C=O) groups is 5. The number of nitro groups is 1. The maximum atomic E-state index is 13.8. The molecule has 11 nitrogen and oxygen atoms in total. The van der Waals surface area contributed by atoms with Crippen molar-refractivity contribution in [3.63, 3.8) is 0 Å². The van der Waals surface area contributed by atoms with E-state index in [9.17, 15) is 34.1 Å². The topological polar surface area (TPSA) is 144 Å². The second-order valence-electron chi connectivity index (χ2n) is 10.3. The first-order chi connectivity index (χ1) is 21.0. The lowest BCUT2D eigenvalue weighted by Crippen LogP contribution is -2.52. The number of hydrogen-bond acceptors (Lipinski definition) is 8. The van der Waals surface area contributed by atoms with Gasteiger partial charge in [0.2, 0.25) is 0 Å². The lowest BCUT2D eigenvalue weighted by atomic mass is 9.78. The smallest absolute Gasteiger partial charge is 0.343 e. The highest BCUT2D eigenvalue weighted by atomic mass is 35.5. The summed E-state index contributed by atoms with van der Waals surface area (Å²) in [5.41, 5.74) is -0.0564. The number of carbonyl (C=O) groups excluding carboxylic acids is 5. The second-order valence-corrected chi connectivity index (χ2v) is 11.1. The molecule has 224 valence electrons. The van der Waals surface area contributed by atoms with Crippen molar-refractivity contribution in [3.05, 3.63) is 116 Å². The molecule has 2 aliphatic rings. The lowest BCUT2D eigenvalue weighted by Gasteiger charge is -2.30. The largest absolute Gasteiger partial charge is 0.423 e. The highest BCUT2D eigenvalue weighted by Gasteiger charge is 2.53. The summed E-state index contributed by atoms with van der Waals surface area (Å²) in [6.45, 7) is 1.14. The van der Waals surface area contributed by atoms with Gasteiger partial charge in [0.15, 0.2) is 5.78 Å². The summed E-state index contributed by atoms with van der Waals surface area (Å²) in [6, 6.07) is 14.4. The number of benzene rings is 3. The van der Waals surface area contributed by atoms with E-state index in [1.165, 1.54) is 66.7 Å². The molecule has 3 atom stereocenters. The van der Waals surface area contributed by atoms with E-state index < -0.39 is 52.8 Å². The zero-order valence-corrected chi connectivity index (χ0v) is 24.5. The van der Waals surface area contributed by atoms with Crippen molar-refractivity contribution in [2.24, 2.45) is 17.8 Å². The van der Waals surface area contributed by atoms with Crippen LogP contribution in [-0.2, 0) is 9.59 Å². The Morgan fingerprint density at radius 3 is 2.25 bits per heavy atom. The molecule has 3 amide bonds. The molecule has 1 aliphatic heterocycles. The minimum atomic E-state index is -0.838. The molecule has 3 aromatic rings. The van der Waals surface area contributed by atoms with Crippen LogP contribution in [-0.4, -0.2) is 51.0 Å². The third-order valence-electron chi connectivity index (χ3n) is 7.48. The summed E-state index contributed by atoms with van der Waals surface area (Å²) in [7, 11) is 0. The number of allylic oxidation sites excluding steroid dienone is 2. The zero-order valence-electron chi connectivity index (χ0n) is 23.0. The number of hydrazine groups is 1. The van der Waals surface area contributed by atoms with Crippen molar-refractivity contribution in [3.8, 4) is 5.75 Å². The summed E-state index contributed by atoms with van der Waals surface area (Å²) in [5, 5.41) is 12.6. The van der Waals surface area contributed by atoms with Gasteiger partial charge in [-0.25, -0.2) is 9.80 Å². The molecule has 0 aromatic heterocycles. The minimum Gasteiger partial charge on any atom is -0.423 e. The Kier molecular flexibility index (Phi) is 8.61. The van der Waals surface area contributed by atoms with E-state index in [0.29, 0.717) is 6.42 Å². The first-order valence-corrected chi connectivity index (χ1v) is 14.1. The third-order valence-corrected chi connectivity index (χ3v) is 8.03. The van der Waals surface area contributed by atoms with Crippen molar-refractivity contribution in [2.45, 2.75) is 13.3 Å². The van der Waals surface area contributed by atoms with Gasteiger partial charge in [-0.1, -0.05) is 42.3 Å². The summed E-state index contributed by atoms with van der Waals surface area (Å²) in [4.78, 5) is 76.9. The normalized spacial score (nSPS) is 19.0. The van der Waals surface area contributed by atoms with Crippen LogP contribution >= 0.6 is 23.2 Å². The predicted octanol–water partition coefficient (Wildman–Crippen LogP) is 5.56. The Bertz CT molecular complexity index is 1720. The Morgan fingerprint density at radius 2 is 1.64 bits per heavy atom. The van der Waals surface area contributed by atoms with Crippen LogP contribution in [0, 0.1) is 27.9 Å². The molecule has 5 rings (SSSR count). The molecule has 44 heavy (non-hydrogen) atoms. The number of halogens is 2. The molecule has 1 fully saturated rings. The number of hydrogen-bond donors (Lipinski definition) is 0. The van der Waals surface area contributed by atoms with E-state index in [0.717, 1.165) is 10.0 Å². The highest BCUT2D eigenvalue weighted by molar-refractivity contribution is 6.36. The first kappa shape index (κ1) is 30.6. The van der Waals surface area contributed by atoms with E-state index in [-0.39, 0.29) is 44.1 Å². The van der Waals surface area contributed by atoms with Gasteiger partial charge in [-0.2, -0.15) is 5.01 Å². The van der Waals surface area contributed by atoms with E-state index in [1.807, 2.05) is 19.1 Å². The van der Waals surface area contributed by atoms with Crippen molar-refractivity contribution < 1.29 is 33.6 Å². The number of Topliss-reactive ketones (excluding diaryl/α,β-unsaturated/α-hetero) is 1. The van der Waals surface area contributed by atoms with E-state index >= 15 is 0 Å². The SMILES string of the molecule is C[C@@H]1C=CC[C@@H]2C(=O)N(N(CC(=O)c3ccc(OC(=O)c4ccc([N+](=O)[O-])cc4)cc3)C(=O)c3ccc(Cl)cc3Cl)C(=O)[C@H]12. The van der Waals surface area contributed by atoms with Crippen LogP contribution in [0.4, 0.5) is 5.69 Å². The van der Waals surface area contributed by atoms with Crippen molar-refractivity contribution >= 4 is 58.4 Å².